The molecule has 0 aliphatic carbocycles. The molecular formula is C21H37IN6OS. The van der Waals surface area contributed by atoms with E-state index in [0.29, 0.717) is 6.04 Å². The maximum Gasteiger partial charge on any atom is 0.221 e. The van der Waals surface area contributed by atoms with Crippen LogP contribution >= 0.6 is 35.3 Å². The Morgan fingerprint density at radius 1 is 1.30 bits per heavy atom. The number of hydrogen-bond acceptors (Lipinski definition) is 5. The van der Waals surface area contributed by atoms with Crippen LogP contribution in [0.5, 0.6) is 0 Å². The number of guanidine groups is 1. The van der Waals surface area contributed by atoms with E-state index < -0.39 is 0 Å². The molecule has 1 aromatic heterocycles. The molecule has 4 N–H and O–H groups in total. The van der Waals surface area contributed by atoms with Crippen LogP contribution in [-0.4, -0.2) is 74.5 Å². The summed E-state index contributed by atoms with van der Waals surface area (Å²) >= 11 is 1.84. The molecule has 0 bridgehead atoms. The lowest BCUT2D eigenvalue weighted by molar-refractivity contribution is -0.123. The highest BCUT2D eigenvalue weighted by molar-refractivity contribution is 14.0. The number of halogens is 1. The molecule has 1 amide bonds. The quantitative estimate of drug-likeness (QED) is 0.191. The summed E-state index contributed by atoms with van der Waals surface area (Å²) in [6, 6.07) is 4.79. The maximum atomic E-state index is 11.4. The lowest BCUT2D eigenvalue weighted by Gasteiger charge is -2.31. The summed E-state index contributed by atoms with van der Waals surface area (Å²) in [7, 11) is 1.83. The van der Waals surface area contributed by atoms with E-state index in [0.717, 1.165) is 57.9 Å². The Bertz CT molecular complexity index is 650. The van der Waals surface area contributed by atoms with Crippen LogP contribution in [0, 0.1) is 5.92 Å². The molecule has 2 aliphatic rings. The minimum atomic E-state index is -0.157. The van der Waals surface area contributed by atoms with Gasteiger partial charge in [0, 0.05) is 31.6 Å². The van der Waals surface area contributed by atoms with Gasteiger partial charge in [-0.2, -0.15) is 0 Å². The summed E-state index contributed by atoms with van der Waals surface area (Å²) in [4.78, 5) is 22.2. The number of nitrogens with two attached hydrogens (primary N) is 1. The number of nitrogens with one attached hydrogen (secondary N) is 2. The maximum absolute atomic E-state index is 11.4. The molecular weight excluding hydrogens is 511 g/mol. The van der Waals surface area contributed by atoms with Gasteiger partial charge in [0.25, 0.3) is 0 Å². The van der Waals surface area contributed by atoms with Crippen LogP contribution in [0.2, 0.25) is 0 Å². The number of likely N-dealkylation sites (tertiary alicyclic amines) is 2. The average molecular weight is 549 g/mol. The summed E-state index contributed by atoms with van der Waals surface area (Å²) in [5.74, 6) is 0.723. The summed E-state index contributed by atoms with van der Waals surface area (Å²) in [5, 5.41) is 9.13. The second-order valence-electron chi connectivity index (χ2n) is 8.05. The first kappa shape index (κ1) is 25.4. The van der Waals surface area contributed by atoms with E-state index in [9.17, 15) is 4.79 Å². The number of amides is 1. The van der Waals surface area contributed by atoms with E-state index in [4.69, 9.17) is 5.73 Å². The van der Waals surface area contributed by atoms with Crippen molar-refractivity contribution in [3.63, 3.8) is 0 Å². The normalized spacial score (nSPS) is 21.8. The zero-order valence-electron chi connectivity index (χ0n) is 18.0. The van der Waals surface area contributed by atoms with Crippen LogP contribution in [-0.2, 0) is 4.79 Å². The van der Waals surface area contributed by atoms with Crippen LogP contribution in [0.4, 0.5) is 0 Å². The van der Waals surface area contributed by atoms with Crippen molar-refractivity contribution in [3.8, 4) is 0 Å². The SMILES string of the molecule is CN=C(NCCCN1CCCC(C(N)=O)C1)NCC(c1cccs1)N1CCCC1.I. The van der Waals surface area contributed by atoms with Gasteiger partial charge in [0.1, 0.15) is 0 Å². The molecule has 1 aromatic rings. The van der Waals surface area contributed by atoms with Crippen LogP contribution < -0.4 is 16.4 Å². The van der Waals surface area contributed by atoms with Crippen molar-refractivity contribution < 1.29 is 4.79 Å². The van der Waals surface area contributed by atoms with Crippen molar-refractivity contribution in [1.82, 2.24) is 20.4 Å². The number of hydrogen-bond donors (Lipinski definition) is 3. The number of piperidine rings is 1. The number of thiophene rings is 1. The Morgan fingerprint density at radius 2 is 2.10 bits per heavy atom. The second-order valence-corrected chi connectivity index (χ2v) is 9.03. The smallest absolute Gasteiger partial charge is 0.221 e. The van der Waals surface area contributed by atoms with Crippen molar-refractivity contribution in [3.05, 3.63) is 22.4 Å². The Balaban J connectivity index is 0.00000320. The molecule has 0 aromatic carbocycles. The molecule has 170 valence electrons. The lowest BCUT2D eigenvalue weighted by Crippen LogP contribution is -2.44. The van der Waals surface area contributed by atoms with E-state index in [1.165, 1.54) is 30.8 Å². The third-order valence-corrected chi connectivity index (χ3v) is 6.96. The third-order valence-electron chi connectivity index (χ3n) is 5.99. The first-order chi connectivity index (χ1) is 14.2. The molecule has 2 unspecified atom stereocenters. The Kier molecular flexibility index (Phi) is 11.4. The molecule has 2 aliphatic heterocycles. The molecule has 0 spiro atoms. The summed E-state index contributed by atoms with van der Waals surface area (Å²) in [6.07, 6.45) is 5.60. The average Bonchev–Trinajstić information content (AvgIpc) is 3.45. The number of nitrogens with zero attached hydrogens (tertiary/aromatic N) is 3. The minimum absolute atomic E-state index is 0. The van der Waals surface area contributed by atoms with E-state index in [-0.39, 0.29) is 35.8 Å². The number of aliphatic imine (C=N–C) groups is 1. The molecule has 9 heteroatoms. The number of carbonyl (C=O) groups excluding carboxylic acids is 1. The zero-order valence-corrected chi connectivity index (χ0v) is 21.2. The molecule has 0 saturated carbocycles. The molecule has 7 nitrogen and oxygen atoms in total. The summed E-state index contributed by atoms with van der Waals surface area (Å²) < 4.78 is 0. The summed E-state index contributed by atoms with van der Waals surface area (Å²) in [6.45, 7) is 6.95. The first-order valence-corrected chi connectivity index (χ1v) is 11.8. The molecule has 2 atom stereocenters. The van der Waals surface area contributed by atoms with Gasteiger partial charge in [0.05, 0.1) is 12.0 Å². The Labute approximate surface area is 201 Å². The van der Waals surface area contributed by atoms with Crippen molar-refractivity contribution in [2.45, 2.75) is 38.1 Å². The van der Waals surface area contributed by atoms with Gasteiger partial charge in [-0.05, 0) is 69.7 Å². The van der Waals surface area contributed by atoms with Gasteiger partial charge in [0.2, 0.25) is 5.91 Å². The largest absolute Gasteiger partial charge is 0.369 e. The molecule has 0 radical (unpaired) electrons. The second kappa shape index (κ2) is 13.5. The molecule has 3 rings (SSSR count). The Morgan fingerprint density at radius 3 is 2.77 bits per heavy atom. The van der Waals surface area contributed by atoms with Gasteiger partial charge in [-0.3, -0.25) is 14.7 Å². The van der Waals surface area contributed by atoms with Gasteiger partial charge in [-0.1, -0.05) is 6.07 Å². The third kappa shape index (κ3) is 7.65. The number of carbonyl (C=O) groups is 1. The standard InChI is InChI=1S/C21H36N6OS.HI/c1-23-21(24-9-6-11-26-10-4-7-17(16-26)20(22)28)25-15-18(19-8-5-14-29-19)27-12-2-3-13-27;/h5,8,14,17-18H,2-4,6-7,9-13,15-16H2,1H3,(H2,22,28)(H2,23,24,25);1H. The van der Waals surface area contributed by atoms with Crippen molar-refractivity contribution in [2.75, 3.05) is 52.9 Å². The van der Waals surface area contributed by atoms with Gasteiger partial charge in [0.15, 0.2) is 5.96 Å². The zero-order chi connectivity index (χ0) is 20.5. The Hall–Kier alpha value is -0.910. The number of rotatable bonds is 9. The van der Waals surface area contributed by atoms with Gasteiger partial charge < -0.3 is 21.3 Å². The van der Waals surface area contributed by atoms with Crippen LogP contribution in [0.1, 0.15) is 43.0 Å². The fourth-order valence-corrected chi connectivity index (χ4v) is 5.22. The van der Waals surface area contributed by atoms with Gasteiger partial charge in [-0.15, -0.1) is 35.3 Å². The first-order valence-electron chi connectivity index (χ1n) is 10.9. The van der Waals surface area contributed by atoms with Crippen molar-refractivity contribution >= 4 is 47.2 Å². The van der Waals surface area contributed by atoms with Crippen molar-refractivity contribution in [1.29, 1.82) is 0 Å². The topological polar surface area (TPSA) is 86.0 Å². The van der Waals surface area contributed by atoms with E-state index in [1.54, 1.807) is 0 Å². The molecule has 30 heavy (non-hydrogen) atoms. The fourth-order valence-electron chi connectivity index (χ4n) is 4.36. The number of primary amides is 1. The summed E-state index contributed by atoms with van der Waals surface area (Å²) in [5.41, 5.74) is 5.48. The van der Waals surface area contributed by atoms with Gasteiger partial charge in [-0.25, -0.2) is 0 Å². The monoisotopic (exact) mass is 548 g/mol. The van der Waals surface area contributed by atoms with Gasteiger partial charge >= 0.3 is 0 Å². The van der Waals surface area contributed by atoms with Crippen molar-refractivity contribution in [2.24, 2.45) is 16.6 Å². The fraction of sp³-hybridized carbons (Fsp3) is 0.714. The highest BCUT2D eigenvalue weighted by Crippen LogP contribution is 2.27. The van der Waals surface area contributed by atoms with E-state index in [2.05, 4.69) is 42.9 Å². The van der Waals surface area contributed by atoms with Crippen LogP contribution in [0.15, 0.2) is 22.5 Å². The molecule has 2 saturated heterocycles. The highest BCUT2D eigenvalue weighted by atomic mass is 127. The van der Waals surface area contributed by atoms with E-state index in [1.807, 2.05) is 18.4 Å². The predicted octanol–water partition coefficient (Wildman–Crippen LogP) is 2.26. The predicted molar refractivity (Wildman–Crippen MR) is 136 cm³/mol. The van der Waals surface area contributed by atoms with E-state index >= 15 is 0 Å². The van der Waals surface area contributed by atoms with Crippen LogP contribution in [0.3, 0.4) is 0 Å². The highest BCUT2D eigenvalue weighted by Gasteiger charge is 2.25. The van der Waals surface area contributed by atoms with Crippen LogP contribution in [0.25, 0.3) is 0 Å². The lowest BCUT2D eigenvalue weighted by atomic mass is 9.97. The molecule has 3 heterocycles. The minimum Gasteiger partial charge on any atom is -0.369 e. The molecule has 2 fully saturated rings.